The molecule has 1 unspecified atom stereocenters. The predicted molar refractivity (Wildman–Crippen MR) is 127 cm³/mol. The number of nitrogens with zero attached hydrogens (tertiary/aromatic N) is 2. The second-order valence-corrected chi connectivity index (χ2v) is 10.7. The molecule has 232 valence electrons. The number of alkyl halides is 1. The number of phosphoric acid groups is 1. The number of hydrogen-bond donors (Lipinski definition) is 9. The number of aliphatic carboxylic acids is 1. The van der Waals surface area contributed by atoms with Gasteiger partial charge in [-0.1, -0.05) is 0 Å². The zero-order chi connectivity index (χ0) is 30.9. The molecular formula is C20H30FN4O15P. The molecule has 0 aliphatic carbocycles. The summed E-state index contributed by atoms with van der Waals surface area (Å²) in [6.07, 6.45) is -15.8. The van der Waals surface area contributed by atoms with Crippen molar-refractivity contribution >= 4 is 25.5 Å². The Kier molecular flexibility index (Phi) is 10.2. The third-order valence-electron chi connectivity index (χ3n) is 6.26. The Balaban J connectivity index is 1.79. The van der Waals surface area contributed by atoms with Gasteiger partial charge in [0.1, 0.15) is 36.3 Å². The lowest BCUT2D eigenvalue weighted by Gasteiger charge is -2.45. The minimum Gasteiger partial charge on any atom is -0.477 e. The van der Waals surface area contributed by atoms with E-state index in [0.717, 1.165) is 17.7 Å². The van der Waals surface area contributed by atoms with Crippen LogP contribution in [-0.4, -0.2) is 125 Å². The number of carboxylic acids is 1. The number of aliphatic hydroxyl groups is 5. The van der Waals surface area contributed by atoms with Crippen molar-refractivity contribution in [1.29, 1.82) is 0 Å². The topological polar surface area (TPSA) is 303 Å². The standard InChI is InChI=1S/C20H30FN4O15P/c1-7(27)23-13-8(28)4-20(18(32)33,39-16(13)12(21)9(29)5-26)40-41(35,36)37-6-10-14(30)15(31)17(38-10)25-3-2-11(22)24-19(25)34/h2-3,8-10,12-17,26,28-31H,4-6H2,1H3,(H,23,27)(H,32,33)(H,35,36)(H2,22,24,34)/t8-,9+,10+,12+,13+,14+,15+,16-,17+,20+/m0/s1. The van der Waals surface area contributed by atoms with Gasteiger partial charge in [0.05, 0.1) is 25.4 Å². The van der Waals surface area contributed by atoms with Crippen LogP contribution in [0.1, 0.15) is 19.6 Å². The molecule has 10 N–H and O–H groups in total. The van der Waals surface area contributed by atoms with E-state index in [1.807, 2.05) is 0 Å². The lowest BCUT2D eigenvalue weighted by molar-refractivity contribution is -0.283. The monoisotopic (exact) mass is 616 g/mol. The molecule has 19 nitrogen and oxygen atoms in total. The third-order valence-corrected chi connectivity index (χ3v) is 7.27. The quantitative estimate of drug-likeness (QED) is 0.106. The van der Waals surface area contributed by atoms with Crippen molar-refractivity contribution in [2.24, 2.45) is 0 Å². The van der Waals surface area contributed by atoms with Crippen molar-refractivity contribution in [3.63, 3.8) is 0 Å². The Morgan fingerprint density at radius 1 is 1.37 bits per heavy atom. The van der Waals surface area contributed by atoms with Crippen molar-refractivity contribution < 1.29 is 72.6 Å². The average Bonchev–Trinajstić information content (AvgIpc) is 3.16. The van der Waals surface area contributed by atoms with Crippen LogP contribution in [0.4, 0.5) is 10.2 Å². The van der Waals surface area contributed by atoms with E-state index in [9.17, 15) is 53.8 Å². The van der Waals surface area contributed by atoms with Crippen molar-refractivity contribution in [2.45, 2.75) is 74.2 Å². The fraction of sp³-hybridized carbons (Fsp3) is 0.700. The van der Waals surface area contributed by atoms with Crippen LogP contribution in [0, 0.1) is 0 Å². The molecule has 41 heavy (non-hydrogen) atoms. The van der Waals surface area contributed by atoms with Crippen molar-refractivity contribution in [2.75, 3.05) is 18.9 Å². The van der Waals surface area contributed by atoms with E-state index >= 15 is 0 Å². The summed E-state index contributed by atoms with van der Waals surface area (Å²) in [5, 5.41) is 61.9. The zero-order valence-corrected chi connectivity index (χ0v) is 22.1. The van der Waals surface area contributed by atoms with Crippen molar-refractivity contribution in [3.8, 4) is 0 Å². The molecule has 1 aromatic rings. The first kappa shape index (κ1) is 32.9. The van der Waals surface area contributed by atoms with E-state index in [0.29, 0.717) is 0 Å². The number of nitrogens with one attached hydrogen (secondary N) is 1. The van der Waals surface area contributed by atoms with E-state index in [-0.39, 0.29) is 5.82 Å². The summed E-state index contributed by atoms with van der Waals surface area (Å²) in [5.74, 6) is -6.39. The number of nitrogens with two attached hydrogens (primary N) is 1. The average molecular weight is 616 g/mol. The predicted octanol–water partition coefficient (Wildman–Crippen LogP) is -4.29. The molecule has 2 saturated heterocycles. The van der Waals surface area contributed by atoms with Gasteiger partial charge in [0.15, 0.2) is 12.4 Å². The fourth-order valence-electron chi connectivity index (χ4n) is 4.29. The number of phosphoric ester groups is 1. The van der Waals surface area contributed by atoms with Gasteiger partial charge in [0, 0.05) is 19.5 Å². The fourth-order valence-corrected chi connectivity index (χ4v) is 5.25. The highest BCUT2D eigenvalue weighted by atomic mass is 31.2. The number of hydrogen-bond acceptors (Lipinski definition) is 15. The van der Waals surface area contributed by atoms with Crippen LogP contribution < -0.4 is 16.7 Å². The summed E-state index contributed by atoms with van der Waals surface area (Å²) >= 11 is 0. The Labute approximate surface area is 229 Å². The van der Waals surface area contributed by atoms with Crippen molar-refractivity contribution in [3.05, 3.63) is 22.7 Å². The molecule has 2 aliphatic rings. The summed E-state index contributed by atoms with van der Waals surface area (Å²) in [6, 6.07) is -0.496. The van der Waals surface area contributed by atoms with Crippen LogP contribution in [0.2, 0.25) is 0 Å². The molecule has 2 aliphatic heterocycles. The van der Waals surface area contributed by atoms with E-state index in [2.05, 4.69) is 10.3 Å². The van der Waals surface area contributed by atoms with Gasteiger partial charge in [-0.05, 0) is 6.07 Å². The Morgan fingerprint density at radius 2 is 2.02 bits per heavy atom. The van der Waals surface area contributed by atoms with Gasteiger partial charge in [-0.25, -0.2) is 23.1 Å². The Morgan fingerprint density at radius 3 is 2.59 bits per heavy atom. The number of aliphatic hydroxyl groups excluding tert-OH is 5. The summed E-state index contributed by atoms with van der Waals surface area (Å²) in [7, 11) is -5.56. The van der Waals surface area contributed by atoms with Gasteiger partial charge < -0.3 is 56.1 Å². The highest BCUT2D eigenvalue weighted by molar-refractivity contribution is 7.47. The van der Waals surface area contributed by atoms with Crippen LogP contribution in [0.25, 0.3) is 0 Å². The number of carbonyl (C=O) groups is 2. The number of aromatic nitrogens is 2. The Bertz CT molecular complexity index is 1220. The summed E-state index contributed by atoms with van der Waals surface area (Å²) in [6.45, 7) is -1.24. The van der Waals surface area contributed by atoms with E-state index in [4.69, 9.17) is 29.4 Å². The molecule has 2 fully saturated rings. The molecule has 11 atom stereocenters. The minimum atomic E-state index is -5.56. The molecule has 0 bridgehead atoms. The van der Waals surface area contributed by atoms with E-state index in [1.165, 1.54) is 6.07 Å². The number of carbonyl (C=O) groups excluding carboxylic acids is 1. The smallest absolute Gasteiger partial charge is 0.475 e. The third kappa shape index (κ3) is 7.24. The first-order valence-corrected chi connectivity index (χ1v) is 13.3. The van der Waals surface area contributed by atoms with Crippen LogP contribution in [0.3, 0.4) is 0 Å². The highest BCUT2D eigenvalue weighted by Crippen LogP contribution is 2.51. The summed E-state index contributed by atoms with van der Waals surface area (Å²) in [5.41, 5.74) is 4.45. The normalized spacial score (nSPS) is 34.9. The van der Waals surface area contributed by atoms with Crippen LogP contribution >= 0.6 is 7.82 Å². The number of anilines is 1. The summed E-state index contributed by atoms with van der Waals surface area (Å²) in [4.78, 5) is 49.5. The number of carboxylic acid groups (broad SMARTS) is 1. The van der Waals surface area contributed by atoms with Gasteiger partial charge in [0.2, 0.25) is 5.91 Å². The first-order chi connectivity index (χ1) is 19.0. The van der Waals surface area contributed by atoms with Gasteiger partial charge >= 0.3 is 19.5 Å². The molecule has 1 amide bonds. The maximum Gasteiger partial charge on any atom is 0.475 e. The van der Waals surface area contributed by atoms with Gasteiger partial charge in [-0.2, -0.15) is 4.98 Å². The molecule has 1 aromatic heterocycles. The van der Waals surface area contributed by atoms with Gasteiger partial charge in [-0.15, -0.1) is 0 Å². The molecule has 3 rings (SSSR count). The number of nitrogen functional groups attached to an aromatic ring is 1. The Hall–Kier alpha value is -2.62. The number of halogens is 1. The highest BCUT2D eigenvalue weighted by Gasteiger charge is 2.59. The van der Waals surface area contributed by atoms with Crippen LogP contribution in [0.5, 0.6) is 0 Å². The molecule has 0 spiro atoms. The zero-order valence-electron chi connectivity index (χ0n) is 21.2. The molecular weight excluding hydrogens is 586 g/mol. The van der Waals surface area contributed by atoms with Gasteiger partial charge in [-0.3, -0.25) is 13.9 Å². The van der Waals surface area contributed by atoms with Gasteiger partial charge in [0.25, 0.3) is 5.79 Å². The number of rotatable bonds is 11. The second-order valence-electron chi connectivity index (χ2n) is 9.28. The SMILES string of the molecule is CC(=O)N[C@H]1[C@H]([C@H](F)[C@H](O)CO)O[C@](OP(=O)(O)OC[C@H]2O[C@@H](n3ccc(N)nc3=O)[C@H](O)[C@@H]2O)(C(=O)O)C[C@@H]1O. The lowest BCUT2D eigenvalue weighted by Crippen LogP contribution is -2.67. The molecule has 3 heterocycles. The summed E-state index contributed by atoms with van der Waals surface area (Å²) < 4.78 is 48.4. The largest absolute Gasteiger partial charge is 0.477 e. The minimum absolute atomic E-state index is 0.143. The van der Waals surface area contributed by atoms with E-state index in [1.54, 1.807) is 0 Å². The second kappa shape index (κ2) is 12.7. The molecule has 21 heteroatoms. The lowest BCUT2D eigenvalue weighted by atomic mass is 9.89. The van der Waals surface area contributed by atoms with Crippen LogP contribution in [0.15, 0.2) is 17.1 Å². The molecule has 0 aromatic carbocycles. The number of amides is 1. The molecule has 0 radical (unpaired) electrons. The maximum atomic E-state index is 14.9. The first-order valence-electron chi connectivity index (χ1n) is 11.9. The number of ether oxygens (including phenoxy) is 2. The van der Waals surface area contributed by atoms with Crippen LogP contribution in [-0.2, 0) is 32.7 Å². The van der Waals surface area contributed by atoms with E-state index < -0.39 is 106 Å². The molecule has 0 saturated carbocycles. The maximum absolute atomic E-state index is 14.9. The van der Waals surface area contributed by atoms with Crippen molar-refractivity contribution in [1.82, 2.24) is 14.9 Å².